The van der Waals surface area contributed by atoms with Crippen LogP contribution in [0.15, 0.2) is 23.4 Å². The Labute approximate surface area is 156 Å². The first-order valence-electron chi connectivity index (χ1n) is 7.51. The van der Waals surface area contributed by atoms with Crippen LogP contribution in [0.25, 0.3) is 0 Å². The molecule has 1 saturated heterocycles. The minimum absolute atomic E-state index is 0. The maximum absolute atomic E-state index is 11.8. The summed E-state index contributed by atoms with van der Waals surface area (Å²) in [6.45, 7) is 2.22. The monoisotopic (exact) mass is 390 g/mol. The van der Waals surface area contributed by atoms with Gasteiger partial charge in [0.2, 0.25) is 5.91 Å². The summed E-state index contributed by atoms with van der Waals surface area (Å²) in [4.78, 5) is 35.8. The molecule has 0 unspecified atom stereocenters. The van der Waals surface area contributed by atoms with Gasteiger partial charge in [0.05, 0.1) is 32.3 Å². The summed E-state index contributed by atoms with van der Waals surface area (Å²) >= 11 is 1.42. The van der Waals surface area contributed by atoms with E-state index >= 15 is 0 Å². The molecule has 0 bridgehead atoms. The number of thioether (sulfide) groups is 1. The van der Waals surface area contributed by atoms with E-state index in [1.54, 1.807) is 19.1 Å². The largest absolute Gasteiger partial charge is 0.543 e. The third-order valence-corrected chi connectivity index (χ3v) is 5.91. The highest BCUT2D eigenvalue weighted by Crippen LogP contribution is 2.39. The van der Waals surface area contributed by atoms with Crippen molar-refractivity contribution >= 4 is 42.0 Å². The molecule has 2 aliphatic rings. The van der Waals surface area contributed by atoms with E-state index in [4.69, 9.17) is 11.5 Å². The lowest BCUT2D eigenvalue weighted by molar-refractivity contribution is -0.898. The molecule has 8 nitrogen and oxygen atoms in total. The minimum atomic E-state index is -1.39. The van der Waals surface area contributed by atoms with Gasteiger partial charge in [-0.2, -0.15) is 0 Å². The first-order valence-corrected chi connectivity index (χ1v) is 8.56. The molecule has 2 amide bonds. The van der Waals surface area contributed by atoms with Crippen LogP contribution in [-0.4, -0.2) is 71.0 Å². The number of carboxylic acid groups (broad SMARTS) is 1. The van der Waals surface area contributed by atoms with Crippen LogP contribution < -0.4 is 16.6 Å². The maximum Gasteiger partial charge on any atom is 0.275 e. The summed E-state index contributed by atoms with van der Waals surface area (Å²) in [5, 5.41) is 11.1. The minimum Gasteiger partial charge on any atom is -0.543 e. The highest BCUT2D eigenvalue weighted by atomic mass is 35.5. The lowest BCUT2D eigenvalue weighted by atomic mass is 10.0. The topological polar surface area (TPSA) is 130 Å². The van der Waals surface area contributed by atoms with E-state index in [0.717, 1.165) is 0 Å². The van der Waals surface area contributed by atoms with Crippen LogP contribution >= 0.6 is 24.2 Å². The van der Waals surface area contributed by atoms with Crippen LogP contribution in [-0.2, 0) is 14.4 Å². The SMILES string of the molecule is C[C@H](C(N)=O)[N+](C)(C)C/C=C/C1=C(C(=O)[O-])N2C(=O)[C@@H](N)[C@@H]2SC1.Cl. The molecule has 2 heterocycles. The number of β-lactam (4-membered cyclic amide) rings is 1. The third-order valence-electron chi connectivity index (χ3n) is 4.59. The molecule has 0 aromatic heterocycles. The van der Waals surface area contributed by atoms with E-state index < -0.39 is 23.8 Å². The molecular formula is C15H23ClN4O4S. The normalized spacial score (nSPS) is 24.5. The van der Waals surface area contributed by atoms with Crippen LogP contribution in [0, 0.1) is 0 Å². The molecule has 0 aliphatic carbocycles. The molecule has 0 radical (unpaired) electrons. The van der Waals surface area contributed by atoms with Gasteiger partial charge in [-0.25, -0.2) is 0 Å². The van der Waals surface area contributed by atoms with E-state index in [9.17, 15) is 19.5 Å². The number of fused-ring (bicyclic) bond motifs is 1. The van der Waals surface area contributed by atoms with Gasteiger partial charge in [0, 0.05) is 5.75 Å². The van der Waals surface area contributed by atoms with Gasteiger partial charge in [0.25, 0.3) is 5.91 Å². The molecule has 0 spiro atoms. The summed E-state index contributed by atoms with van der Waals surface area (Å²) in [5.74, 6) is -1.77. The number of carbonyl (C=O) groups excluding carboxylic acids is 3. The fraction of sp³-hybridized carbons (Fsp3) is 0.533. The number of primary amides is 1. The van der Waals surface area contributed by atoms with Crippen LogP contribution in [0.3, 0.4) is 0 Å². The summed E-state index contributed by atoms with van der Waals surface area (Å²) in [6, 6.07) is -1.05. The van der Waals surface area contributed by atoms with Crippen molar-refractivity contribution < 1.29 is 24.0 Å². The number of carbonyl (C=O) groups is 3. The number of rotatable bonds is 6. The molecule has 0 aromatic rings. The molecule has 1 fully saturated rings. The highest BCUT2D eigenvalue weighted by Gasteiger charge is 2.49. The lowest BCUT2D eigenvalue weighted by Gasteiger charge is -2.49. The van der Waals surface area contributed by atoms with Gasteiger partial charge < -0.3 is 25.9 Å². The molecule has 0 saturated carbocycles. The van der Waals surface area contributed by atoms with Crippen molar-refractivity contribution in [3.8, 4) is 0 Å². The Morgan fingerprint density at radius 2 is 2.08 bits per heavy atom. The Hall–Kier alpha value is -1.55. The van der Waals surface area contributed by atoms with Gasteiger partial charge in [-0.3, -0.25) is 14.5 Å². The molecular weight excluding hydrogens is 368 g/mol. The van der Waals surface area contributed by atoms with E-state index in [1.165, 1.54) is 16.7 Å². The summed E-state index contributed by atoms with van der Waals surface area (Å²) in [7, 11) is 3.72. The number of carboxylic acids is 1. The smallest absolute Gasteiger partial charge is 0.275 e. The Bertz CT molecular complexity index is 649. The molecule has 10 heteroatoms. The third kappa shape index (κ3) is 4.00. The number of hydrogen-bond donors (Lipinski definition) is 2. The van der Waals surface area contributed by atoms with E-state index in [2.05, 4.69) is 0 Å². The van der Waals surface area contributed by atoms with Gasteiger partial charge in [-0.1, -0.05) is 6.08 Å². The Kier molecular flexibility index (Phi) is 6.68. The second kappa shape index (κ2) is 7.77. The molecule has 4 N–H and O–H groups in total. The number of aliphatic carboxylic acids is 1. The number of quaternary nitrogens is 1. The molecule has 2 rings (SSSR count). The van der Waals surface area contributed by atoms with Crippen molar-refractivity contribution in [3.63, 3.8) is 0 Å². The van der Waals surface area contributed by atoms with E-state index in [1.807, 2.05) is 14.1 Å². The summed E-state index contributed by atoms with van der Waals surface area (Å²) in [6.07, 6.45) is 3.45. The fourth-order valence-electron chi connectivity index (χ4n) is 2.63. The van der Waals surface area contributed by atoms with Gasteiger partial charge in [-0.15, -0.1) is 24.2 Å². The summed E-state index contributed by atoms with van der Waals surface area (Å²) < 4.78 is 0.336. The van der Waals surface area contributed by atoms with Gasteiger partial charge in [0.1, 0.15) is 11.4 Å². The second-order valence-corrected chi connectivity index (χ2v) is 7.64. The van der Waals surface area contributed by atoms with Gasteiger partial charge in [0.15, 0.2) is 6.04 Å². The number of nitrogens with zero attached hydrogens (tertiary/aromatic N) is 2. The number of hydrogen-bond acceptors (Lipinski definition) is 6. The van der Waals surface area contributed by atoms with Gasteiger partial charge in [-0.05, 0) is 18.6 Å². The molecule has 2 aliphatic heterocycles. The van der Waals surface area contributed by atoms with Gasteiger partial charge >= 0.3 is 0 Å². The van der Waals surface area contributed by atoms with Crippen LogP contribution in [0.5, 0.6) is 0 Å². The zero-order valence-electron chi connectivity index (χ0n) is 14.3. The lowest BCUT2D eigenvalue weighted by Crippen LogP contribution is -2.69. The number of halogens is 1. The predicted molar refractivity (Wildman–Crippen MR) is 95.1 cm³/mol. The average Bonchev–Trinajstić information content (AvgIpc) is 2.52. The first-order chi connectivity index (χ1) is 11.1. The van der Waals surface area contributed by atoms with Crippen LogP contribution in [0.2, 0.25) is 0 Å². The molecule has 140 valence electrons. The number of nitrogens with two attached hydrogens (primary N) is 2. The van der Waals surface area contributed by atoms with Crippen molar-refractivity contribution in [2.45, 2.75) is 24.4 Å². The fourth-order valence-corrected chi connectivity index (χ4v) is 3.89. The average molecular weight is 391 g/mol. The quantitative estimate of drug-likeness (QED) is 0.405. The predicted octanol–water partition coefficient (Wildman–Crippen LogP) is -1.84. The highest BCUT2D eigenvalue weighted by molar-refractivity contribution is 8.00. The van der Waals surface area contributed by atoms with Crippen LogP contribution in [0.4, 0.5) is 0 Å². The summed E-state index contributed by atoms with van der Waals surface area (Å²) in [5.41, 5.74) is 11.4. The zero-order chi connectivity index (χ0) is 18.2. The van der Waals surface area contributed by atoms with Crippen molar-refractivity contribution in [3.05, 3.63) is 23.4 Å². The molecule has 0 aromatic carbocycles. The first kappa shape index (κ1) is 21.5. The number of likely N-dealkylation sites (N-methyl/N-ethyl adjacent to an activating group) is 1. The van der Waals surface area contributed by atoms with Crippen molar-refractivity contribution in [2.75, 3.05) is 26.4 Å². The second-order valence-electron chi connectivity index (χ2n) is 6.54. The maximum atomic E-state index is 11.8. The Balaban J connectivity index is 0.00000312. The molecule has 3 atom stereocenters. The van der Waals surface area contributed by atoms with E-state index in [-0.39, 0.29) is 29.5 Å². The number of allylic oxidation sites excluding steroid dienone is 1. The standard InChI is InChI=1S/C15H22N4O4S.ClH/c1-8(12(17)20)19(2,3)6-4-5-9-7-24-14-10(16)13(21)18(14)11(9)15(22)23;/h4-5,8,10,14H,6-7,16H2,1-3H3,(H2-,17,20,22,23);1H/b5-4+;/t8-,10-,14+;/m1./s1. The number of amides is 2. The molecule has 25 heavy (non-hydrogen) atoms. The zero-order valence-corrected chi connectivity index (χ0v) is 15.9. The van der Waals surface area contributed by atoms with Crippen molar-refractivity contribution in [2.24, 2.45) is 11.5 Å². The van der Waals surface area contributed by atoms with E-state index in [0.29, 0.717) is 22.4 Å². The Morgan fingerprint density at radius 3 is 2.60 bits per heavy atom. The van der Waals surface area contributed by atoms with Crippen molar-refractivity contribution in [1.29, 1.82) is 0 Å². The van der Waals surface area contributed by atoms with Crippen molar-refractivity contribution in [1.82, 2.24) is 4.90 Å². The Morgan fingerprint density at radius 1 is 1.48 bits per heavy atom. The van der Waals surface area contributed by atoms with Crippen LogP contribution in [0.1, 0.15) is 6.92 Å².